The summed E-state index contributed by atoms with van der Waals surface area (Å²) in [5, 5.41) is 8.77. The first-order valence-electron chi connectivity index (χ1n) is 5.27. The Labute approximate surface area is 118 Å². The normalized spacial score (nSPS) is 10.1. The summed E-state index contributed by atoms with van der Waals surface area (Å²) >= 11 is 4.99. The van der Waals surface area contributed by atoms with Gasteiger partial charge >= 0.3 is 0 Å². The van der Waals surface area contributed by atoms with Crippen LogP contribution in [0.5, 0.6) is 0 Å². The van der Waals surface area contributed by atoms with E-state index in [1.54, 1.807) is 12.1 Å². The highest BCUT2D eigenvalue weighted by molar-refractivity contribution is 9.10. The second-order valence-electron chi connectivity index (χ2n) is 3.61. The van der Waals surface area contributed by atoms with E-state index in [1.165, 1.54) is 17.8 Å². The first-order chi connectivity index (χ1) is 8.72. The largest absolute Gasteiger partial charge is 0.205 e. The Morgan fingerprint density at radius 2 is 1.94 bits per heavy atom. The van der Waals surface area contributed by atoms with Crippen LogP contribution in [0.3, 0.4) is 0 Å². The smallest absolute Gasteiger partial charge is 0.144 e. The molecule has 2 rings (SSSR count). The van der Waals surface area contributed by atoms with E-state index in [1.807, 2.05) is 30.3 Å². The van der Waals surface area contributed by atoms with E-state index in [0.717, 1.165) is 9.37 Å². The molecule has 0 unspecified atom stereocenters. The van der Waals surface area contributed by atoms with Crippen molar-refractivity contribution in [2.75, 3.05) is 0 Å². The molecule has 0 N–H and O–H groups in total. The first kappa shape index (κ1) is 13.1. The van der Waals surface area contributed by atoms with Crippen molar-refractivity contribution in [2.45, 2.75) is 10.6 Å². The molecular weight excluding hydrogens is 313 g/mol. The van der Waals surface area contributed by atoms with Gasteiger partial charge in [0.1, 0.15) is 11.9 Å². The molecule has 0 fully saturated rings. The zero-order chi connectivity index (χ0) is 13.0. The quantitative estimate of drug-likeness (QED) is 0.761. The topological polar surface area (TPSA) is 23.8 Å². The molecular formula is C14H9BrFNS. The Balaban J connectivity index is 2.17. The lowest BCUT2D eigenvalue weighted by Gasteiger charge is -2.06. The van der Waals surface area contributed by atoms with Gasteiger partial charge in [-0.25, -0.2) is 4.39 Å². The number of nitriles is 1. The average Bonchev–Trinajstić information content (AvgIpc) is 2.39. The minimum atomic E-state index is -0.417. The highest BCUT2D eigenvalue weighted by atomic mass is 79.9. The van der Waals surface area contributed by atoms with Gasteiger partial charge in [-0.1, -0.05) is 24.3 Å². The van der Waals surface area contributed by atoms with E-state index in [2.05, 4.69) is 15.9 Å². The predicted molar refractivity (Wildman–Crippen MR) is 74.8 cm³/mol. The fourth-order valence-corrected chi connectivity index (χ4v) is 3.04. The van der Waals surface area contributed by atoms with Crippen molar-refractivity contribution in [3.05, 3.63) is 63.9 Å². The number of nitrogens with zero attached hydrogens (tertiary/aromatic N) is 1. The molecule has 0 saturated heterocycles. The Bertz CT molecular complexity index is 607. The molecule has 1 nitrogen and oxygen atoms in total. The molecule has 0 aromatic heterocycles. The molecule has 0 saturated carbocycles. The van der Waals surface area contributed by atoms with Crippen LogP contribution in [0.1, 0.15) is 11.1 Å². The third-order valence-electron chi connectivity index (χ3n) is 2.42. The van der Waals surface area contributed by atoms with Crippen LogP contribution in [-0.4, -0.2) is 0 Å². The highest BCUT2D eigenvalue weighted by Crippen LogP contribution is 2.30. The zero-order valence-corrected chi connectivity index (χ0v) is 11.8. The summed E-state index contributed by atoms with van der Waals surface area (Å²) in [4.78, 5) is 1.05. The van der Waals surface area contributed by atoms with Crippen molar-refractivity contribution < 1.29 is 4.39 Å². The first-order valence-corrected chi connectivity index (χ1v) is 7.05. The third-order valence-corrected chi connectivity index (χ3v) is 4.50. The average molecular weight is 322 g/mol. The van der Waals surface area contributed by atoms with Crippen molar-refractivity contribution in [2.24, 2.45) is 0 Å². The molecule has 2 aromatic carbocycles. The molecule has 0 radical (unpaired) electrons. The number of hydrogen-bond acceptors (Lipinski definition) is 2. The third kappa shape index (κ3) is 2.92. The van der Waals surface area contributed by atoms with E-state index in [-0.39, 0.29) is 5.56 Å². The van der Waals surface area contributed by atoms with Gasteiger partial charge in [0, 0.05) is 15.1 Å². The number of hydrogen-bond donors (Lipinski definition) is 0. The van der Waals surface area contributed by atoms with Gasteiger partial charge in [0.2, 0.25) is 0 Å². The van der Waals surface area contributed by atoms with Gasteiger partial charge in [-0.3, -0.25) is 0 Å². The van der Waals surface area contributed by atoms with Crippen LogP contribution in [0.4, 0.5) is 4.39 Å². The Morgan fingerprint density at radius 1 is 1.17 bits per heavy atom. The minimum Gasteiger partial charge on any atom is -0.205 e. The summed E-state index contributed by atoms with van der Waals surface area (Å²) in [6.45, 7) is 0. The lowest BCUT2D eigenvalue weighted by Crippen LogP contribution is -1.91. The van der Waals surface area contributed by atoms with E-state index < -0.39 is 5.82 Å². The van der Waals surface area contributed by atoms with Crippen LogP contribution in [-0.2, 0) is 5.75 Å². The van der Waals surface area contributed by atoms with Gasteiger partial charge in [0.25, 0.3) is 0 Å². The van der Waals surface area contributed by atoms with Crippen LogP contribution in [0.15, 0.2) is 51.8 Å². The molecule has 0 amide bonds. The Morgan fingerprint density at radius 3 is 2.67 bits per heavy atom. The van der Waals surface area contributed by atoms with Crippen LogP contribution >= 0.6 is 27.7 Å². The molecule has 2 aromatic rings. The Kier molecular flexibility index (Phi) is 4.40. The zero-order valence-electron chi connectivity index (χ0n) is 9.36. The minimum absolute atomic E-state index is 0.0974. The van der Waals surface area contributed by atoms with Crippen LogP contribution in [0.25, 0.3) is 0 Å². The summed E-state index contributed by atoms with van der Waals surface area (Å²) in [6, 6.07) is 14.6. The number of thioether (sulfide) groups is 1. The van der Waals surface area contributed by atoms with Crippen molar-refractivity contribution in [1.82, 2.24) is 0 Å². The molecule has 90 valence electrons. The van der Waals surface area contributed by atoms with E-state index in [4.69, 9.17) is 5.26 Å². The summed E-state index contributed by atoms with van der Waals surface area (Å²) < 4.78 is 14.8. The van der Waals surface area contributed by atoms with E-state index in [9.17, 15) is 4.39 Å². The Hall–Kier alpha value is -1.31. The van der Waals surface area contributed by atoms with Gasteiger partial charge in [-0.15, -0.1) is 11.8 Å². The molecule has 0 atom stereocenters. The maximum Gasteiger partial charge on any atom is 0.144 e. The van der Waals surface area contributed by atoms with Gasteiger partial charge < -0.3 is 0 Å². The standard InChI is InChI=1S/C14H9BrFNS/c15-12-6-1-2-7-13(12)18-9-11-5-3-4-10(8-17)14(11)16/h1-7H,9H2. The second kappa shape index (κ2) is 6.03. The molecule has 18 heavy (non-hydrogen) atoms. The summed E-state index contributed by atoms with van der Waals surface area (Å²) in [5.74, 6) is 0.0869. The number of halogens is 2. The number of benzene rings is 2. The summed E-state index contributed by atoms with van der Waals surface area (Å²) in [6.07, 6.45) is 0. The van der Waals surface area contributed by atoms with E-state index in [0.29, 0.717) is 11.3 Å². The maximum absolute atomic E-state index is 13.8. The monoisotopic (exact) mass is 321 g/mol. The molecule has 0 spiro atoms. The fraction of sp³-hybridized carbons (Fsp3) is 0.0714. The maximum atomic E-state index is 13.8. The lowest BCUT2D eigenvalue weighted by molar-refractivity contribution is 0.613. The SMILES string of the molecule is N#Cc1cccc(CSc2ccccc2Br)c1F. The van der Waals surface area contributed by atoms with Crippen molar-refractivity contribution in [3.63, 3.8) is 0 Å². The molecule has 0 bridgehead atoms. The van der Waals surface area contributed by atoms with Gasteiger partial charge in [-0.05, 0) is 39.7 Å². The molecule has 0 heterocycles. The van der Waals surface area contributed by atoms with Crippen molar-refractivity contribution in [1.29, 1.82) is 5.26 Å². The lowest BCUT2D eigenvalue weighted by atomic mass is 10.1. The molecule has 4 heteroatoms. The van der Waals surface area contributed by atoms with Crippen LogP contribution in [0, 0.1) is 17.1 Å². The van der Waals surface area contributed by atoms with Gasteiger partial charge in [0.15, 0.2) is 0 Å². The van der Waals surface area contributed by atoms with Crippen LogP contribution in [0.2, 0.25) is 0 Å². The molecule has 0 aliphatic carbocycles. The summed E-state index contributed by atoms with van der Waals surface area (Å²) in [7, 11) is 0. The summed E-state index contributed by atoms with van der Waals surface area (Å²) in [5.41, 5.74) is 0.648. The highest BCUT2D eigenvalue weighted by Gasteiger charge is 2.08. The van der Waals surface area contributed by atoms with Gasteiger partial charge in [0.05, 0.1) is 5.56 Å². The molecule has 0 aliphatic heterocycles. The van der Waals surface area contributed by atoms with Crippen LogP contribution < -0.4 is 0 Å². The van der Waals surface area contributed by atoms with Crippen molar-refractivity contribution in [3.8, 4) is 6.07 Å². The van der Waals surface area contributed by atoms with E-state index >= 15 is 0 Å². The molecule has 0 aliphatic rings. The fourth-order valence-electron chi connectivity index (χ4n) is 1.49. The number of rotatable bonds is 3. The van der Waals surface area contributed by atoms with Gasteiger partial charge in [-0.2, -0.15) is 5.26 Å². The second-order valence-corrected chi connectivity index (χ2v) is 5.48. The predicted octanol–water partition coefficient (Wildman–Crippen LogP) is 4.75. The van der Waals surface area contributed by atoms with Crippen molar-refractivity contribution >= 4 is 27.7 Å².